The van der Waals surface area contributed by atoms with Crippen LogP contribution in [-0.4, -0.2) is 61.3 Å². The normalized spacial score (nSPS) is 14.2. The molecule has 0 bridgehead atoms. The number of sulfonamides is 1. The van der Waals surface area contributed by atoms with Crippen LogP contribution in [-0.2, 0) is 14.8 Å². The van der Waals surface area contributed by atoms with Crippen molar-refractivity contribution in [1.82, 2.24) is 14.5 Å². The second-order valence-corrected chi connectivity index (χ2v) is 11.1. The van der Waals surface area contributed by atoms with E-state index in [9.17, 15) is 13.2 Å². The minimum Gasteiger partial charge on any atom is -0.493 e. The zero-order valence-electron chi connectivity index (χ0n) is 16.6. The summed E-state index contributed by atoms with van der Waals surface area (Å²) in [5, 5.41) is 9.02. The molecule has 0 spiro atoms. The Morgan fingerprint density at radius 1 is 1.24 bits per heavy atom. The molecule has 1 fully saturated rings. The van der Waals surface area contributed by atoms with E-state index >= 15 is 0 Å². The molecule has 0 aliphatic heterocycles. The van der Waals surface area contributed by atoms with Gasteiger partial charge in [0, 0.05) is 32.3 Å². The molecule has 1 aromatic carbocycles. The predicted molar refractivity (Wildman–Crippen MR) is 114 cm³/mol. The van der Waals surface area contributed by atoms with Gasteiger partial charge in [0.1, 0.15) is 5.75 Å². The number of carbonyl (C=O) groups is 1. The van der Waals surface area contributed by atoms with Gasteiger partial charge < -0.3 is 4.74 Å². The minimum absolute atomic E-state index is 0.0864. The van der Waals surface area contributed by atoms with Gasteiger partial charge in [0.2, 0.25) is 21.1 Å². The number of aromatic nitrogens is 2. The van der Waals surface area contributed by atoms with Crippen LogP contribution in [0.25, 0.3) is 0 Å². The van der Waals surface area contributed by atoms with E-state index in [1.165, 1.54) is 53.6 Å². The Morgan fingerprint density at radius 2 is 1.93 bits per heavy atom. The van der Waals surface area contributed by atoms with E-state index < -0.39 is 10.0 Å². The summed E-state index contributed by atoms with van der Waals surface area (Å²) < 4.78 is 31.8. The Bertz CT molecular complexity index is 940. The third-order valence-electron chi connectivity index (χ3n) is 4.26. The number of hydrogen-bond acceptors (Lipinski definition) is 8. The number of ether oxygens (including phenoxy) is 1. The standard InChI is InChI=1S/C18H24N4O4S3/c1-4-16(23)22(13-5-6-13)17-19-20-18(28-17)27-12-11-26-14-7-9-15(10-8-14)29(24,25)21(2)3/h7-10,13H,4-6,11-12H2,1-3H3. The molecular formula is C18H24N4O4S3. The van der Waals surface area contributed by atoms with Crippen molar-refractivity contribution in [2.45, 2.75) is 41.5 Å². The van der Waals surface area contributed by atoms with Gasteiger partial charge in [-0.2, -0.15) is 0 Å². The number of rotatable bonds is 10. The lowest BCUT2D eigenvalue weighted by molar-refractivity contribution is -0.118. The summed E-state index contributed by atoms with van der Waals surface area (Å²) in [6.45, 7) is 2.30. The molecule has 1 saturated carbocycles. The van der Waals surface area contributed by atoms with Gasteiger partial charge in [0.05, 0.1) is 11.5 Å². The second-order valence-electron chi connectivity index (χ2n) is 6.65. The molecule has 1 amide bonds. The Kier molecular flexibility index (Phi) is 7.14. The smallest absolute Gasteiger partial charge is 0.242 e. The lowest BCUT2D eigenvalue weighted by atomic mass is 10.3. The van der Waals surface area contributed by atoms with Crippen LogP contribution >= 0.6 is 23.1 Å². The van der Waals surface area contributed by atoms with Gasteiger partial charge in [-0.1, -0.05) is 30.0 Å². The largest absolute Gasteiger partial charge is 0.493 e. The molecule has 0 N–H and O–H groups in total. The summed E-state index contributed by atoms with van der Waals surface area (Å²) in [5.74, 6) is 1.36. The quantitative estimate of drug-likeness (QED) is 0.308. The van der Waals surface area contributed by atoms with Crippen LogP contribution in [0.2, 0.25) is 0 Å². The molecular weight excluding hydrogens is 432 g/mol. The minimum atomic E-state index is -3.44. The number of thioether (sulfide) groups is 1. The predicted octanol–water partition coefficient (Wildman–Crippen LogP) is 2.86. The van der Waals surface area contributed by atoms with Gasteiger partial charge in [-0.3, -0.25) is 9.69 Å². The van der Waals surface area contributed by atoms with E-state index in [4.69, 9.17) is 4.74 Å². The average molecular weight is 457 g/mol. The van der Waals surface area contributed by atoms with E-state index in [0.717, 1.165) is 17.2 Å². The van der Waals surface area contributed by atoms with Crippen LogP contribution in [0.5, 0.6) is 5.75 Å². The van der Waals surface area contributed by atoms with E-state index in [1.54, 1.807) is 17.0 Å². The van der Waals surface area contributed by atoms with Crippen LogP contribution in [0.3, 0.4) is 0 Å². The summed E-state index contributed by atoms with van der Waals surface area (Å²) >= 11 is 2.95. The Balaban J connectivity index is 1.49. The van der Waals surface area contributed by atoms with E-state index in [2.05, 4.69) is 10.2 Å². The number of carbonyl (C=O) groups excluding carboxylic acids is 1. The highest BCUT2D eigenvalue weighted by Gasteiger charge is 2.35. The van der Waals surface area contributed by atoms with Crippen LogP contribution in [0.15, 0.2) is 33.5 Å². The fraction of sp³-hybridized carbons (Fsp3) is 0.500. The first kappa shape index (κ1) is 22.0. The lowest BCUT2D eigenvalue weighted by Gasteiger charge is -2.17. The van der Waals surface area contributed by atoms with E-state index in [1.807, 2.05) is 6.92 Å². The first-order valence-electron chi connectivity index (χ1n) is 9.26. The van der Waals surface area contributed by atoms with Crippen LogP contribution in [0.1, 0.15) is 26.2 Å². The molecule has 1 aromatic heterocycles. The highest BCUT2D eigenvalue weighted by atomic mass is 32.2. The van der Waals surface area contributed by atoms with Gasteiger partial charge in [0.15, 0.2) is 4.34 Å². The van der Waals surface area contributed by atoms with Crippen molar-refractivity contribution in [2.75, 3.05) is 31.4 Å². The summed E-state index contributed by atoms with van der Waals surface area (Å²) in [5.41, 5.74) is 0. The van der Waals surface area contributed by atoms with Crippen molar-refractivity contribution in [3.8, 4) is 5.75 Å². The monoisotopic (exact) mass is 456 g/mol. The highest BCUT2D eigenvalue weighted by Crippen LogP contribution is 2.36. The van der Waals surface area contributed by atoms with Crippen molar-refractivity contribution < 1.29 is 17.9 Å². The SMILES string of the molecule is CCC(=O)N(c1nnc(SCCOc2ccc(S(=O)(=O)N(C)C)cc2)s1)C1CC1. The number of nitrogens with zero attached hydrogens (tertiary/aromatic N) is 4. The third-order valence-corrected chi connectivity index (χ3v) is 8.11. The van der Waals surface area contributed by atoms with Crippen molar-refractivity contribution in [3.63, 3.8) is 0 Å². The first-order valence-corrected chi connectivity index (χ1v) is 12.5. The molecule has 0 radical (unpaired) electrons. The topological polar surface area (TPSA) is 92.7 Å². The maximum absolute atomic E-state index is 12.1. The number of anilines is 1. The summed E-state index contributed by atoms with van der Waals surface area (Å²) in [6.07, 6.45) is 2.51. The fourth-order valence-corrected chi connectivity index (χ4v) is 5.25. The molecule has 1 heterocycles. The Hall–Kier alpha value is -1.69. The number of benzene rings is 1. The fourth-order valence-electron chi connectivity index (χ4n) is 2.53. The third kappa shape index (κ3) is 5.47. The zero-order valence-corrected chi connectivity index (χ0v) is 19.0. The lowest BCUT2D eigenvalue weighted by Crippen LogP contribution is -2.32. The highest BCUT2D eigenvalue weighted by molar-refractivity contribution is 8.01. The maximum Gasteiger partial charge on any atom is 0.242 e. The van der Waals surface area contributed by atoms with Gasteiger partial charge in [0.25, 0.3) is 0 Å². The zero-order chi connectivity index (χ0) is 21.0. The summed E-state index contributed by atoms with van der Waals surface area (Å²) in [7, 11) is -0.442. The van der Waals surface area contributed by atoms with Crippen LogP contribution in [0, 0.1) is 0 Å². The van der Waals surface area contributed by atoms with Crippen molar-refractivity contribution in [1.29, 1.82) is 0 Å². The van der Waals surface area contributed by atoms with Crippen LogP contribution < -0.4 is 9.64 Å². The molecule has 0 atom stereocenters. The van der Waals surface area contributed by atoms with Crippen molar-refractivity contribution in [2.24, 2.45) is 0 Å². The number of amides is 1. The van der Waals surface area contributed by atoms with Gasteiger partial charge in [-0.05, 0) is 37.1 Å². The Morgan fingerprint density at radius 3 is 2.52 bits per heavy atom. The van der Waals surface area contributed by atoms with Crippen molar-refractivity contribution in [3.05, 3.63) is 24.3 Å². The molecule has 0 unspecified atom stereocenters. The summed E-state index contributed by atoms with van der Waals surface area (Å²) in [4.78, 5) is 14.1. The molecule has 8 nitrogen and oxygen atoms in total. The van der Waals surface area contributed by atoms with Gasteiger partial charge >= 0.3 is 0 Å². The molecule has 1 aliphatic rings. The van der Waals surface area contributed by atoms with Crippen LogP contribution in [0.4, 0.5) is 5.13 Å². The molecule has 0 saturated heterocycles. The molecule has 1 aliphatic carbocycles. The first-order chi connectivity index (χ1) is 13.8. The average Bonchev–Trinajstić information content (AvgIpc) is 3.43. The maximum atomic E-state index is 12.1. The molecule has 158 valence electrons. The molecule has 3 rings (SSSR count). The molecule has 29 heavy (non-hydrogen) atoms. The van der Waals surface area contributed by atoms with Gasteiger partial charge in [-0.15, -0.1) is 10.2 Å². The molecule has 2 aromatic rings. The number of hydrogen-bond donors (Lipinski definition) is 0. The van der Waals surface area contributed by atoms with E-state index in [0.29, 0.717) is 29.7 Å². The van der Waals surface area contributed by atoms with Gasteiger partial charge in [-0.25, -0.2) is 12.7 Å². The second kappa shape index (κ2) is 9.41. The van der Waals surface area contributed by atoms with E-state index in [-0.39, 0.29) is 16.8 Å². The summed E-state index contributed by atoms with van der Waals surface area (Å²) in [6, 6.07) is 6.64. The molecule has 11 heteroatoms. The van der Waals surface area contributed by atoms with Crippen molar-refractivity contribution >= 4 is 44.2 Å². The Labute approximate surface area is 179 Å².